The largest absolute Gasteiger partial charge is 0.381 e. The first-order valence-electron chi connectivity index (χ1n) is 10.2. The minimum Gasteiger partial charge on any atom is -0.381 e. The van der Waals surface area contributed by atoms with E-state index in [1.165, 1.54) is 42.5 Å². The number of nitrogens with one attached hydrogen (secondary N) is 2. The molecule has 1 aliphatic heterocycles. The number of piperazine rings is 1. The lowest BCUT2D eigenvalue weighted by atomic mass is 9.98. The lowest BCUT2D eigenvalue weighted by molar-refractivity contribution is 0.163. The Morgan fingerprint density at radius 2 is 1.61 bits per heavy atom. The van der Waals surface area contributed by atoms with E-state index in [-0.39, 0.29) is 24.8 Å². The Balaban J connectivity index is 0.00000196. The van der Waals surface area contributed by atoms with E-state index in [2.05, 4.69) is 77.1 Å². The lowest BCUT2D eigenvalue weighted by Gasteiger charge is -2.35. The fraction of sp³-hybridized carbons (Fsp3) is 0.478. The van der Waals surface area contributed by atoms with Crippen LogP contribution in [0.1, 0.15) is 49.8 Å². The predicted octanol–water partition coefficient (Wildman–Crippen LogP) is 5.67. The Morgan fingerprint density at radius 3 is 2.25 bits per heavy atom. The number of halogens is 2. The van der Waals surface area contributed by atoms with Crippen molar-refractivity contribution in [3.63, 3.8) is 0 Å². The van der Waals surface area contributed by atoms with E-state index in [4.69, 9.17) is 0 Å². The number of hydrogen-bond acceptors (Lipinski definition) is 3. The second-order valence-electron chi connectivity index (χ2n) is 7.26. The first-order valence-corrected chi connectivity index (χ1v) is 10.2. The third kappa shape index (κ3) is 7.63. The number of hydrogen-bond donors (Lipinski definition) is 2. The zero-order valence-corrected chi connectivity index (χ0v) is 18.5. The van der Waals surface area contributed by atoms with Crippen LogP contribution in [-0.2, 0) is 6.54 Å². The van der Waals surface area contributed by atoms with Gasteiger partial charge in [-0.1, -0.05) is 68.7 Å². The average Bonchev–Trinajstić information content (AvgIpc) is 2.72. The summed E-state index contributed by atoms with van der Waals surface area (Å²) in [4.78, 5) is 2.67. The fourth-order valence-electron chi connectivity index (χ4n) is 3.76. The van der Waals surface area contributed by atoms with Gasteiger partial charge in [0.1, 0.15) is 0 Å². The monoisotopic (exact) mass is 423 g/mol. The van der Waals surface area contributed by atoms with E-state index in [9.17, 15) is 0 Å². The van der Waals surface area contributed by atoms with E-state index < -0.39 is 0 Å². The van der Waals surface area contributed by atoms with Crippen molar-refractivity contribution in [1.29, 1.82) is 0 Å². The van der Waals surface area contributed by atoms with Crippen molar-refractivity contribution < 1.29 is 0 Å². The van der Waals surface area contributed by atoms with Crippen LogP contribution in [0.25, 0.3) is 0 Å². The molecule has 0 radical (unpaired) electrons. The van der Waals surface area contributed by atoms with Gasteiger partial charge in [-0.3, -0.25) is 4.90 Å². The topological polar surface area (TPSA) is 27.3 Å². The number of unbranched alkanes of at least 4 members (excludes halogenated alkanes) is 2. The first-order chi connectivity index (χ1) is 12.9. The summed E-state index contributed by atoms with van der Waals surface area (Å²) in [7, 11) is 0. The van der Waals surface area contributed by atoms with E-state index in [0.29, 0.717) is 6.04 Å². The predicted molar refractivity (Wildman–Crippen MR) is 126 cm³/mol. The van der Waals surface area contributed by atoms with Gasteiger partial charge >= 0.3 is 0 Å². The highest BCUT2D eigenvalue weighted by Crippen LogP contribution is 2.28. The van der Waals surface area contributed by atoms with Crippen molar-refractivity contribution in [1.82, 2.24) is 10.2 Å². The summed E-state index contributed by atoms with van der Waals surface area (Å²) in [6.45, 7) is 7.70. The summed E-state index contributed by atoms with van der Waals surface area (Å²) < 4.78 is 0. The molecule has 5 heteroatoms. The normalized spacial score (nSPS) is 15.2. The van der Waals surface area contributed by atoms with E-state index in [0.717, 1.165) is 32.7 Å². The quantitative estimate of drug-likeness (QED) is 0.508. The summed E-state index contributed by atoms with van der Waals surface area (Å²) in [6, 6.07) is 20.3. The maximum atomic E-state index is 3.54. The van der Waals surface area contributed by atoms with Crippen molar-refractivity contribution >= 4 is 30.5 Å². The maximum absolute atomic E-state index is 3.54. The lowest BCUT2D eigenvalue weighted by Crippen LogP contribution is -2.45. The Bertz CT molecular complexity index is 628. The Hall–Kier alpha value is -1.26. The van der Waals surface area contributed by atoms with Crippen molar-refractivity contribution in [3.05, 3.63) is 65.7 Å². The molecule has 3 nitrogen and oxygen atoms in total. The minimum atomic E-state index is 0. The molecule has 28 heavy (non-hydrogen) atoms. The van der Waals surface area contributed by atoms with Crippen LogP contribution >= 0.6 is 24.8 Å². The van der Waals surface area contributed by atoms with E-state index in [1.807, 2.05) is 0 Å². The summed E-state index contributed by atoms with van der Waals surface area (Å²) in [6.07, 6.45) is 5.21. The zero-order valence-electron chi connectivity index (χ0n) is 16.9. The van der Waals surface area contributed by atoms with Gasteiger partial charge in [0, 0.05) is 44.5 Å². The van der Waals surface area contributed by atoms with Crippen LogP contribution in [0.4, 0.5) is 5.69 Å². The van der Waals surface area contributed by atoms with Crippen molar-refractivity contribution in [3.8, 4) is 0 Å². The average molecular weight is 424 g/mol. The van der Waals surface area contributed by atoms with Gasteiger partial charge in [0.25, 0.3) is 0 Å². The molecular formula is C23H35Cl2N3. The molecule has 1 saturated heterocycles. The van der Waals surface area contributed by atoms with Crippen LogP contribution in [-0.4, -0.2) is 31.1 Å². The molecule has 2 aromatic rings. The summed E-state index contributed by atoms with van der Waals surface area (Å²) >= 11 is 0. The minimum absolute atomic E-state index is 0. The second kappa shape index (κ2) is 13.8. The van der Waals surface area contributed by atoms with Gasteiger partial charge in [-0.2, -0.15) is 0 Å². The van der Waals surface area contributed by atoms with Gasteiger partial charge in [0.15, 0.2) is 0 Å². The highest BCUT2D eigenvalue weighted by atomic mass is 35.5. The van der Waals surface area contributed by atoms with Crippen molar-refractivity contribution in [2.24, 2.45) is 0 Å². The zero-order chi connectivity index (χ0) is 18.0. The van der Waals surface area contributed by atoms with Crippen LogP contribution in [0.5, 0.6) is 0 Å². The van der Waals surface area contributed by atoms with Gasteiger partial charge in [-0.15, -0.1) is 24.8 Å². The fourth-order valence-corrected chi connectivity index (χ4v) is 3.76. The molecular weight excluding hydrogens is 389 g/mol. The van der Waals surface area contributed by atoms with Crippen molar-refractivity contribution in [2.45, 2.75) is 45.2 Å². The number of nitrogens with zero attached hydrogens (tertiary/aromatic N) is 1. The van der Waals surface area contributed by atoms with Crippen LogP contribution in [0, 0.1) is 0 Å². The van der Waals surface area contributed by atoms with Crippen LogP contribution in [0.15, 0.2) is 54.6 Å². The first kappa shape index (κ1) is 24.8. The van der Waals surface area contributed by atoms with Gasteiger partial charge in [0.05, 0.1) is 0 Å². The molecule has 0 aliphatic carbocycles. The molecule has 0 spiro atoms. The van der Waals surface area contributed by atoms with Gasteiger partial charge in [0.2, 0.25) is 0 Å². The SMILES string of the molecule is CCCCC[C@@H](c1ccc(NCc2ccccc2)cc1)N1CCNCC1.Cl.Cl. The van der Waals surface area contributed by atoms with Crippen molar-refractivity contribution in [2.75, 3.05) is 31.5 Å². The highest BCUT2D eigenvalue weighted by molar-refractivity contribution is 5.85. The molecule has 0 unspecified atom stereocenters. The Morgan fingerprint density at radius 1 is 0.929 bits per heavy atom. The molecule has 156 valence electrons. The molecule has 1 fully saturated rings. The standard InChI is InChI=1S/C23H33N3.2ClH/c1-2-3-5-10-23(26-17-15-24-16-18-26)21-11-13-22(14-12-21)25-19-20-8-6-4-7-9-20;;/h4,6-9,11-14,23-25H,2-3,5,10,15-19H2,1H3;2*1H/t23-;;/m0../s1. The smallest absolute Gasteiger partial charge is 0.0400 e. The highest BCUT2D eigenvalue weighted by Gasteiger charge is 2.21. The van der Waals surface area contributed by atoms with Gasteiger partial charge in [-0.25, -0.2) is 0 Å². The van der Waals surface area contributed by atoms with Crippen LogP contribution in [0.2, 0.25) is 0 Å². The van der Waals surface area contributed by atoms with Crippen LogP contribution in [0.3, 0.4) is 0 Å². The molecule has 1 aliphatic rings. The Kier molecular flexibility index (Phi) is 12.2. The van der Waals surface area contributed by atoms with E-state index >= 15 is 0 Å². The molecule has 2 aromatic carbocycles. The molecule has 2 N–H and O–H groups in total. The molecule has 3 rings (SSSR count). The summed E-state index contributed by atoms with van der Waals surface area (Å²) in [5, 5.41) is 7.01. The second-order valence-corrected chi connectivity index (χ2v) is 7.26. The third-order valence-corrected chi connectivity index (χ3v) is 5.31. The summed E-state index contributed by atoms with van der Waals surface area (Å²) in [5.41, 5.74) is 3.98. The van der Waals surface area contributed by atoms with Gasteiger partial charge in [-0.05, 0) is 29.7 Å². The molecule has 0 saturated carbocycles. The number of rotatable bonds is 9. The molecule has 0 bridgehead atoms. The van der Waals surface area contributed by atoms with Gasteiger partial charge < -0.3 is 10.6 Å². The van der Waals surface area contributed by atoms with E-state index in [1.54, 1.807) is 0 Å². The molecule has 1 heterocycles. The maximum Gasteiger partial charge on any atom is 0.0400 e. The summed E-state index contributed by atoms with van der Waals surface area (Å²) in [5.74, 6) is 0. The number of anilines is 1. The third-order valence-electron chi connectivity index (χ3n) is 5.31. The molecule has 1 atom stereocenters. The Labute approximate surface area is 183 Å². The van der Waals surface area contributed by atoms with Crippen LogP contribution < -0.4 is 10.6 Å². The number of benzene rings is 2. The molecule has 0 aromatic heterocycles. The molecule has 0 amide bonds.